The third kappa shape index (κ3) is 6.69. The number of hydrogen-bond acceptors (Lipinski definition) is 5. The molecule has 0 aliphatic heterocycles. The van der Waals surface area contributed by atoms with Gasteiger partial charge < -0.3 is 10.4 Å². The molecule has 1 rings (SSSR count). The zero-order valence-electron chi connectivity index (χ0n) is 12.1. The summed E-state index contributed by atoms with van der Waals surface area (Å²) >= 11 is 0. The number of nitro groups is 1. The van der Waals surface area contributed by atoms with Crippen LogP contribution in [0, 0.1) is 16.0 Å². The first-order chi connectivity index (χ1) is 10.0. The molecule has 0 fully saturated rings. The number of hydrogen-bond donors (Lipinski definition) is 2. The highest BCUT2D eigenvalue weighted by Gasteiger charge is 2.11. The van der Waals surface area contributed by atoms with Crippen LogP contribution in [0.3, 0.4) is 0 Å². The summed E-state index contributed by atoms with van der Waals surface area (Å²) in [6, 6.07) is 2.74. The van der Waals surface area contributed by atoms with Crippen molar-refractivity contribution in [2.45, 2.75) is 39.0 Å². The molecule has 7 heteroatoms. The molecular formula is C14H21N3O4. The predicted molar refractivity (Wildman–Crippen MR) is 79.3 cm³/mol. The van der Waals surface area contributed by atoms with E-state index in [2.05, 4.69) is 17.2 Å². The Kier molecular flexibility index (Phi) is 7.14. The summed E-state index contributed by atoms with van der Waals surface area (Å²) in [7, 11) is 0. The van der Waals surface area contributed by atoms with E-state index in [-0.39, 0.29) is 12.1 Å². The fourth-order valence-electron chi connectivity index (χ4n) is 2.20. The maximum atomic E-state index is 10.7. The van der Waals surface area contributed by atoms with Crippen LogP contribution >= 0.6 is 0 Å². The van der Waals surface area contributed by atoms with Crippen molar-refractivity contribution in [3.8, 4) is 0 Å². The van der Waals surface area contributed by atoms with Gasteiger partial charge in [0.2, 0.25) is 0 Å². The Bertz CT molecular complexity index is 479. The highest BCUT2D eigenvalue weighted by atomic mass is 16.6. The summed E-state index contributed by atoms with van der Waals surface area (Å²) in [6.45, 7) is 2.70. The lowest BCUT2D eigenvalue weighted by Gasteiger charge is -2.15. The van der Waals surface area contributed by atoms with Crippen LogP contribution in [0.5, 0.6) is 0 Å². The molecule has 0 amide bonds. The van der Waals surface area contributed by atoms with Crippen LogP contribution < -0.4 is 5.32 Å². The van der Waals surface area contributed by atoms with Gasteiger partial charge >= 0.3 is 5.97 Å². The first kappa shape index (κ1) is 16.9. The van der Waals surface area contributed by atoms with Crippen molar-refractivity contribution in [2.75, 3.05) is 11.9 Å². The first-order valence-corrected chi connectivity index (χ1v) is 7.09. The third-order valence-electron chi connectivity index (χ3n) is 3.28. The molecule has 1 aromatic rings. The van der Waals surface area contributed by atoms with Crippen LogP contribution in [0.1, 0.15) is 39.0 Å². The highest BCUT2D eigenvalue weighted by molar-refractivity contribution is 5.66. The number of aromatic nitrogens is 1. The minimum atomic E-state index is -0.774. The lowest BCUT2D eigenvalue weighted by Crippen LogP contribution is -2.11. The van der Waals surface area contributed by atoms with Gasteiger partial charge in [-0.2, -0.15) is 0 Å². The van der Waals surface area contributed by atoms with Crippen molar-refractivity contribution in [3.63, 3.8) is 0 Å². The van der Waals surface area contributed by atoms with Crippen molar-refractivity contribution in [1.29, 1.82) is 0 Å². The van der Waals surface area contributed by atoms with Crippen LogP contribution in [0.4, 0.5) is 11.5 Å². The molecule has 0 spiro atoms. The van der Waals surface area contributed by atoms with E-state index < -0.39 is 10.9 Å². The molecule has 2 N–H and O–H groups in total. The number of pyridine rings is 1. The summed E-state index contributed by atoms with van der Waals surface area (Å²) in [5, 5.41) is 22.4. The van der Waals surface area contributed by atoms with E-state index >= 15 is 0 Å². The lowest BCUT2D eigenvalue weighted by atomic mass is 9.94. The minimum Gasteiger partial charge on any atom is -0.481 e. The van der Waals surface area contributed by atoms with Gasteiger partial charge in [-0.25, -0.2) is 4.98 Å². The van der Waals surface area contributed by atoms with Crippen LogP contribution in [0.2, 0.25) is 0 Å². The molecule has 7 nitrogen and oxygen atoms in total. The quantitative estimate of drug-likeness (QED) is 0.507. The van der Waals surface area contributed by atoms with Gasteiger partial charge in [0.25, 0.3) is 5.69 Å². The van der Waals surface area contributed by atoms with Gasteiger partial charge in [0.1, 0.15) is 5.82 Å². The molecule has 0 saturated carbocycles. The molecule has 0 radical (unpaired) electrons. The van der Waals surface area contributed by atoms with Crippen LogP contribution in [0.15, 0.2) is 18.3 Å². The van der Waals surface area contributed by atoms with Gasteiger partial charge in [0.05, 0.1) is 11.0 Å². The average Bonchev–Trinajstić information content (AvgIpc) is 2.45. The molecule has 0 aliphatic carbocycles. The smallest absolute Gasteiger partial charge is 0.303 e. The number of nitrogens with one attached hydrogen (secondary N) is 1. The Morgan fingerprint density at radius 3 is 2.86 bits per heavy atom. The Morgan fingerprint density at radius 2 is 2.24 bits per heavy atom. The van der Waals surface area contributed by atoms with Gasteiger partial charge in [-0.3, -0.25) is 14.9 Å². The fraction of sp³-hybridized carbons (Fsp3) is 0.571. The number of carboxylic acid groups (broad SMARTS) is 1. The van der Waals surface area contributed by atoms with E-state index in [4.69, 9.17) is 5.11 Å². The second kappa shape index (κ2) is 8.89. The molecule has 0 saturated heterocycles. The molecule has 1 aromatic heterocycles. The topological polar surface area (TPSA) is 105 Å². The Morgan fingerprint density at radius 1 is 1.48 bits per heavy atom. The van der Waals surface area contributed by atoms with E-state index in [1.54, 1.807) is 0 Å². The van der Waals surface area contributed by atoms with E-state index in [1.807, 2.05) is 0 Å². The Labute approximate surface area is 123 Å². The molecule has 0 bridgehead atoms. The maximum absolute atomic E-state index is 10.7. The summed E-state index contributed by atoms with van der Waals surface area (Å²) in [6.07, 6.45) is 5.06. The number of rotatable bonds is 10. The monoisotopic (exact) mass is 295 g/mol. The van der Waals surface area contributed by atoms with E-state index in [0.717, 1.165) is 19.3 Å². The zero-order chi connectivity index (χ0) is 15.7. The summed E-state index contributed by atoms with van der Waals surface area (Å²) in [4.78, 5) is 24.8. The first-order valence-electron chi connectivity index (χ1n) is 7.09. The number of aliphatic carboxylic acids is 1. The van der Waals surface area contributed by atoms with Gasteiger partial charge in [-0.05, 0) is 18.8 Å². The Balaban J connectivity index is 2.44. The number of carbonyl (C=O) groups is 1. The van der Waals surface area contributed by atoms with Crippen molar-refractivity contribution >= 4 is 17.5 Å². The largest absolute Gasteiger partial charge is 0.481 e. The third-order valence-corrected chi connectivity index (χ3v) is 3.28. The standard InChI is InChI=1S/C14H21N3O4/c1-2-3-11(4-5-14(18)19)6-8-15-13-10-12(17(20)21)7-9-16-13/h7,9-11H,2-6,8H2,1H3,(H,15,16)(H,18,19). The predicted octanol–water partition coefficient (Wildman–Crippen LogP) is 3.07. The van der Waals surface area contributed by atoms with E-state index in [9.17, 15) is 14.9 Å². The fourth-order valence-corrected chi connectivity index (χ4v) is 2.20. The van der Waals surface area contributed by atoms with Gasteiger partial charge in [0.15, 0.2) is 0 Å². The van der Waals surface area contributed by atoms with E-state index in [1.165, 1.54) is 18.3 Å². The maximum Gasteiger partial charge on any atom is 0.303 e. The van der Waals surface area contributed by atoms with Crippen LogP contribution in [0.25, 0.3) is 0 Å². The van der Waals surface area contributed by atoms with Crippen molar-refractivity contribution < 1.29 is 14.8 Å². The number of carboxylic acids is 1. The van der Waals surface area contributed by atoms with Gasteiger partial charge in [0, 0.05) is 25.2 Å². The van der Waals surface area contributed by atoms with Crippen LogP contribution in [-0.4, -0.2) is 27.5 Å². The second-order valence-electron chi connectivity index (χ2n) is 4.96. The average molecular weight is 295 g/mol. The summed E-state index contributed by atoms with van der Waals surface area (Å²) in [5.74, 6) is 0.0411. The summed E-state index contributed by atoms with van der Waals surface area (Å²) < 4.78 is 0. The van der Waals surface area contributed by atoms with E-state index in [0.29, 0.717) is 24.7 Å². The molecular weight excluding hydrogens is 274 g/mol. The molecule has 21 heavy (non-hydrogen) atoms. The van der Waals surface area contributed by atoms with Gasteiger partial charge in [-0.15, -0.1) is 0 Å². The molecule has 1 unspecified atom stereocenters. The lowest BCUT2D eigenvalue weighted by molar-refractivity contribution is -0.384. The van der Waals surface area contributed by atoms with Gasteiger partial charge in [-0.1, -0.05) is 19.8 Å². The normalized spacial score (nSPS) is 11.9. The van der Waals surface area contributed by atoms with Crippen molar-refractivity contribution in [1.82, 2.24) is 4.98 Å². The Hall–Kier alpha value is -2.18. The molecule has 1 atom stereocenters. The van der Waals surface area contributed by atoms with Crippen molar-refractivity contribution in [3.05, 3.63) is 28.4 Å². The number of nitrogens with zero attached hydrogens (tertiary/aromatic N) is 2. The van der Waals surface area contributed by atoms with Crippen molar-refractivity contribution in [2.24, 2.45) is 5.92 Å². The summed E-state index contributed by atoms with van der Waals surface area (Å²) in [5.41, 5.74) is 0.00323. The number of anilines is 1. The molecule has 0 aromatic carbocycles. The highest BCUT2D eigenvalue weighted by Crippen LogP contribution is 2.19. The second-order valence-corrected chi connectivity index (χ2v) is 4.96. The van der Waals surface area contributed by atoms with Crippen LogP contribution in [-0.2, 0) is 4.79 Å². The molecule has 116 valence electrons. The molecule has 0 aliphatic rings. The zero-order valence-corrected chi connectivity index (χ0v) is 12.1. The minimum absolute atomic E-state index is 0.00323. The molecule has 1 heterocycles. The SMILES string of the molecule is CCCC(CCNc1cc([N+](=O)[O-])ccn1)CCC(=O)O.